The second-order valence-corrected chi connectivity index (χ2v) is 7.96. The number of ether oxygens (including phenoxy) is 1. The van der Waals surface area contributed by atoms with Gasteiger partial charge in [-0.25, -0.2) is 14.6 Å². The van der Waals surface area contributed by atoms with Crippen molar-refractivity contribution in [2.75, 3.05) is 17.2 Å². The van der Waals surface area contributed by atoms with Crippen molar-refractivity contribution in [1.29, 1.82) is 0 Å². The van der Waals surface area contributed by atoms with Crippen molar-refractivity contribution in [3.63, 3.8) is 0 Å². The van der Waals surface area contributed by atoms with Gasteiger partial charge in [-0.2, -0.15) is 0 Å². The van der Waals surface area contributed by atoms with Gasteiger partial charge in [-0.05, 0) is 44.0 Å². The first-order valence-corrected chi connectivity index (χ1v) is 11.0. The summed E-state index contributed by atoms with van der Waals surface area (Å²) in [5, 5.41) is 10.7. The molecule has 1 aromatic carbocycles. The first-order valence-electron chi connectivity index (χ1n) is 10.1. The first-order chi connectivity index (χ1) is 14.5. The molecule has 1 aliphatic carbocycles. The van der Waals surface area contributed by atoms with Crippen LogP contribution in [0.15, 0.2) is 29.6 Å². The van der Waals surface area contributed by atoms with E-state index < -0.39 is 5.97 Å². The predicted molar refractivity (Wildman–Crippen MR) is 116 cm³/mol. The van der Waals surface area contributed by atoms with E-state index in [1.54, 1.807) is 36.6 Å². The third kappa shape index (κ3) is 6.55. The van der Waals surface area contributed by atoms with E-state index in [0.29, 0.717) is 28.7 Å². The monoisotopic (exact) mass is 430 g/mol. The van der Waals surface area contributed by atoms with Gasteiger partial charge >= 0.3 is 12.0 Å². The predicted octanol–water partition coefficient (Wildman–Crippen LogP) is 3.96. The molecule has 0 atom stereocenters. The van der Waals surface area contributed by atoms with E-state index in [1.807, 2.05) is 0 Å². The van der Waals surface area contributed by atoms with Crippen LogP contribution in [0.2, 0.25) is 0 Å². The van der Waals surface area contributed by atoms with Crippen LogP contribution >= 0.6 is 11.3 Å². The lowest BCUT2D eigenvalue weighted by molar-refractivity contribution is -0.115. The molecule has 9 heteroatoms. The smallest absolute Gasteiger partial charge is 0.338 e. The molecule has 3 rings (SSSR count). The fraction of sp³-hybridized carbons (Fsp3) is 0.429. The molecule has 0 radical (unpaired) electrons. The number of esters is 1. The summed E-state index contributed by atoms with van der Waals surface area (Å²) in [5.41, 5.74) is 1.58. The number of benzene rings is 1. The molecule has 30 heavy (non-hydrogen) atoms. The Bertz CT molecular complexity index is 875. The Kier molecular flexibility index (Phi) is 7.78. The van der Waals surface area contributed by atoms with Crippen LogP contribution in [-0.4, -0.2) is 35.5 Å². The maximum atomic E-state index is 12.3. The van der Waals surface area contributed by atoms with Crippen LogP contribution in [-0.2, 0) is 16.0 Å². The van der Waals surface area contributed by atoms with Gasteiger partial charge in [0.1, 0.15) is 0 Å². The summed E-state index contributed by atoms with van der Waals surface area (Å²) in [4.78, 5) is 40.3. The van der Waals surface area contributed by atoms with E-state index in [0.717, 1.165) is 25.7 Å². The maximum Gasteiger partial charge on any atom is 0.338 e. The normalized spacial score (nSPS) is 14.0. The fourth-order valence-electron chi connectivity index (χ4n) is 3.28. The van der Waals surface area contributed by atoms with E-state index >= 15 is 0 Å². The average Bonchev–Trinajstić information content (AvgIpc) is 3.15. The van der Waals surface area contributed by atoms with E-state index in [-0.39, 0.29) is 24.4 Å². The minimum atomic E-state index is -0.398. The fourth-order valence-corrected chi connectivity index (χ4v) is 3.99. The molecule has 1 saturated carbocycles. The molecular weight excluding hydrogens is 404 g/mol. The van der Waals surface area contributed by atoms with Crippen LogP contribution in [0.3, 0.4) is 0 Å². The summed E-state index contributed by atoms with van der Waals surface area (Å²) in [6.07, 6.45) is 5.63. The molecule has 1 heterocycles. The van der Waals surface area contributed by atoms with Crippen LogP contribution in [0, 0.1) is 0 Å². The first kappa shape index (κ1) is 21.8. The number of nitrogens with one attached hydrogen (secondary N) is 3. The Hall–Kier alpha value is -2.94. The van der Waals surface area contributed by atoms with E-state index in [1.165, 1.54) is 17.8 Å². The topological polar surface area (TPSA) is 109 Å². The highest BCUT2D eigenvalue weighted by Gasteiger charge is 2.16. The van der Waals surface area contributed by atoms with E-state index in [2.05, 4.69) is 20.9 Å². The number of hydrogen-bond acceptors (Lipinski definition) is 6. The Morgan fingerprint density at radius 2 is 1.83 bits per heavy atom. The second kappa shape index (κ2) is 10.7. The lowest BCUT2D eigenvalue weighted by Gasteiger charge is -2.22. The molecule has 160 valence electrons. The van der Waals surface area contributed by atoms with Crippen molar-refractivity contribution in [3.8, 4) is 0 Å². The third-order valence-corrected chi connectivity index (χ3v) is 5.54. The zero-order valence-electron chi connectivity index (χ0n) is 16.9. The minimum Gasteiger partial charge on any atom is -0.462 e. The molecular formula is C21H26N4O4S. The summed E-state index contributed by atoms with van der Waals surface area (Å²) < 4.78 is 4.93. The zero-order chi connectivity index (χ0) is 21.3. The van der Waals surface area contributed by atoms with Crippen molar-refractivity contribution < 1.29 is 19.1 Å². The van der Waals surface area contributed by atoms with Crippen LogP contribution in [0.5, 0.6) is 0 Å². The minimum absolute atomic E-state index is 0.0854. The molecule has 0 saturated heterocycles. The zero-order valence-corrected chi connectivity index (χ0v) is 17.7. The van der Waals surface area contributed by atoms with Gasteiger partial charge in [-0.1, -0.05) is 19.3 Å². The molecule has 0 unspecified atom stereocenters. The number of carbonyl (C=O) groups is 3. The number of thiazole rings is 1. The second-order valence-electron chi connectivity index (χ2n) is 7.10. The molecule has 2 aromatic rings. The molecule has 0 spiro atoms. The quantitative estimate of drug-likeness (QED) is 0.576. The number of nitrogens with zero attached hydrogens (tertiary/aromatic N) is 1. The lowest BCUT2D eigenvalue weighted by atomic mass is 9.96. The number of aromatic nitrogens is 1. The standard InChI is InChI=1S/C21H26N4O4S/c1-2-29-19(27)14-8-10-16(11-9-14)22-18(26)12-17-13-30-21(24-17)25-20(28)23-15-6-4-3-5-7-15/h8-11,13,15H,2-7,12H2,1H3,(H,22,26)(H2,23,24,25,28). The van der Waals surface area contributed by atoms with E-state index in [4.69, 9.17) is 4.74 Å². The average molecular weight is 431 g/mol. The lowest BCUT2D eigenvalue weighted by Crippen LogP contribution is -2.39. The van der Waals surface area contributed by atoms with Crippen molar-refractivity contribution in [2.24, 2.45) is 0 Å². The van der Waals surface area contributed by atoms with Gasteiger partial charge in [-0.15, -0.1) is 11.3 Å². The molecule has 1 aromatic heterocycles. The molecule has 0 bridgehead atoms. The number of carbonyl (C=O) groups excluding carboxylic acids is 3. The van der Waals surface area contributed by atoms with Crippen LogP contribution in [0.4, 0.5) is 15.6 Å². The largest absolute Gasteiger partial charge is 0.462 e. The van der Waals surface area contributed by atoms with Gasteiger partial charge in [0.15, 0.2) is 5.13 Å². The third-order valence-electron chi connectivity index (χ3n) is 4.73. The number of anilines is 2. The molecule has 8 nitrogen and oxygen atoms in total. The van der Waals surface area contributed by atoms with Crippen molar-refractivity contribution >= 4 is 40.1 Å². The Morgan fingerprint density at radius 3 is 2.53 bits per heavy atom. The number of hydrogen-bond donors (Lipinski definition) is 3. The number of rotatable bonds is 7. The molecule has 3 amide bonds. The summed E-state index contributed by atoms with van der Waals surface area (Å²) in [6, 6.07) is 6.46. The van der Waals surface area contributed by atoms with Crippen LogP contribution in [0.1, 0.15) is 55.1 Å². The maximum absolute atomic E-state index is 12.3. The van der Waals surface area contributed by atoms with Crippen LogP contribution in [0.25, 0.3) is 0 Å². The number of urea groups is 1. The summed E-state index contributed by atoms with van der Waals surface area (Å²) in [6.45, 7) is 2.05. The highest BCUT2D eigenvalue weighted by atomic mass is 32.1. The van der Waals surface area contributed by atoms with Gasteiger partial charge in [0.05, 0.1) is 24.3 Å². The summed E-state index contributed by atoms with van der Waals surface area (Å²) in [7, 11) is 0. The van der Waals surface area contributed by atoms with Crippen molar-refractivity contribution in [1.82, 2.24) is 10.3 Å². The van der Waals surface area contributed by atoms with E-state index in [9.17, 15) is 14.4 Å². The Balaban J connectivity index is 1.46. The molecule has 0 aliphatic heterocycles. The highest BCUT2D eigenvalue weighted by Crippen LogP contribution is 2.19. The SMILES string of the molecule is CCOC(=O)c1ccc(NC(=O)Cc2csc(NC(=O)NC3CCCCC3)n2)cc1. The summed E-state index contributed by atoms with van der Waals surface area (Å²) >= 11 is 1.28. The van der Waals surface area contributed by atoms with Crippen molar-refractivity contribution in [2.45, 2.75) is 51.5 Å². The molecule has 1 aliphatic rings. The summed E-state index contributed by atoms with van der Waals surface area (Å²) in [5.74, 6) is -0.632. The van der Waals surface area contributed by atoms with Gasteiger partial charge in [0.2, 0.25) is 5.91 Å². The van der Waals surface area contributed by atoms with Gasteiger partial charge < -0.3 is 15.4 Å². The van der Waals surface area contributed by atoms with Crippen LogP contribution < -0.4 is 16.0 Å². The number of amides is 3. The van der Waals surface area contributed by atoms with Gasteiger partial charge in [0, 0.05) is 17.1 Å². The highest BCUT2D eigenvalue weighted by molar-refractivity contribution is 7.13. The molecule has 1 fully saturated rings. The Labute approximate surface area is 179 Å². The van der Waals surface area contributed by atoms with Gasteiger partial charge in [0.25, 0.3) is 0 Å². The molecule has 3 N–H and O–H groups in total. The van der Waals surface area contributed by atoms with Gasteiger partial charge in [-0.3, -0.25) is 10.1 Å². The van der Waals surface area contributed by atoms with Crippen molar-refractivity contribution in [3.05, 3.63) is 40.9 Å². The Morgan fingerprint density at radius 1 is 1.10 bits per heavy atom.